The summed E-state index contributed by atoms with van der Waals surface area (Å²) in [5.74, 6) is 2.81. The number of piperazine rings is 1. The summed E-state index contributed by atoms with van der Waals surface area (Å²) in [6.45, 7) is 7.42. The molecule has 1 N–H and O–H groups in total. The minimum Gasteiger partial charge on any atom is -0.497 e. The van der Waals surface area contributed by atoms with Gasteiger partial charge in [0, 0.05) is 38.4 Å². The van der Waals surface area contributed by atoms with Crippen LogP contribution in [0.3, 0.4) is 0 Å². The first-order chi connectivity index (χ1) is 14.1. The Morgan fingerprint density at radius 1 is 1.17 bits per heavy atom. The van der Waals surface area contributed by atoms with Crippen LogP contribution in [-0.2, 0) is 0 Å². The average molecular weight is 527 g/mol. The highest BCUT2D eigenvalue weighted by Crippen LogP contribution is 2.21. The summed E-state index contributed by atoms with van der Waals surface area (Å²) in [5.41, 5.74) is 1.23. The van der Waals surface area contributed by atoms with Crippen LogP contribution in [0.15, 0.2) is 52.1 Å². The molecule has 0 saturated carbocycles. The maximum atomic E-state index is 5.61. The molecule has 1 aliphatic rings. The molecule has 0 amide bonds. The van der Waals surface area contributed by atoms with Crippen LogP contribution in [0.4, 0.5) is 5.69 Å². The molecule has 30 heavy (non-hydrogen) atoms. The predicted molar refractivity (Wildman–Crippen MR) is 133 cm³/mol. The predicted octanol–water partition coefficient (Wildman–Crippen LogP) is 3.30. The van der Waals surface area contributed by atoms with Crippen LogP contribution >= 0.6 is 24.0 Å². The number of nitrogens with zero attached hydrogens (tertiary/aromatic N) is 4. The van der Waals surface area contributed by atoms with Gasteiger partial charge in [0.2, 0.25) is 0 Å². The third-order valence-corrected chi connectivity index (χ3v) is 5.26. The van der Waals surface area contributed by atoms with Crippen molar-refractivity contribution in [1.29, 1.82) is 0 Å². The van der Waals surface area contributed by atoms with E-state index in [2.05, 4.69) is 53.2 Å². The highest BCUT2D eigenvalue weighted by atomic mass is 127. The fraction of sp³-hybridized carbons (Fsp3) is 0.500. The summed E-state index contributed by atoms with van der Waals surface area (Å²) in [6, 6.07) is 12.4. The lowest BCUT2D eigenvalue weighted by atomic mass is 10.2. The van der Waals surface area contributed by atoms with Crippen LogP contribution in [0.5, 0.6) is 5.75 Å². The number of aliphatic imine (C=N–C) groups is 1. The first-order valence-electron chi connectivity index (χ1n) is 10.2. The number of hydrogen-bond donors (Lipinski definition) is 1. The van der Waals surface area contributed by atoms with Crippen molar-refractivity contribution in [3.8, 4) is 5.75 Å². The summed E-state index contributed by atoms with van der Waals surface area (Å²) in [5, 5.41) is 3.45. The Morgan fingerprint density at radius 2 is 1.87 bits per heavy atom. The number of furan rings is 1. The van der Waals surface area contributed by atoms with Crippen LogP contribution in [-0.4, -0.2) is 76.2 Å². The molecule has 8 heteroatoms. The summed E-state index contributed by atoms with van der Waals surface area (Å²) >= 11 is 0. The molecular formula is C22H34IN5O2. The lowest BCUT2D eigenvalue weighted by Gasteiger charge is -2.38. The Labute approximate surface area is 197 Å². The van der Waals surface area contributed by atoms with Crippen LogP contribution in [0.1, 0.15) is 18.7 Å². The Kier molecular flexibility index (Phi) is 9.77. The molecule has 0 radical (unpaired) electrons. The van der Waals surface area contributed by atoms with Crippen LogP contribution in [0.2, 0.25) is 0 Å². The van der Waals surface area contributed by atoms with E-state index in [1.165, 1.54) is 5.69 Å². The van der Waals surface area contributed by atoms with Gasteiger partial charge in [-0.25, -0.2) is 0 Å². The molecule has 166 valence electrons. The first-order valence-corrected chi connectivity index (χ1v) is 10.2. The van der Waals surface area contributed by atoms with Gasteiger partial charge in [0.25, 0.3) is 0 Å². The minimum atomic E-state index is 0. The van der Waals surface area contributed by atoms with E-state index in [-0.39, 0.29) is 30.0 Å². The SMILES string of the molecule is CCNC(=NCC(c1ccco1)N(C)C)N1CCN(c2ccc(OC)cc2)CC1.I. The Morgan fingerprint density at radius 3 is 2.40 bits per heavy atom. The topological polar surface area (TPSA) is 56.5 Å². The van der Waals surface area contributed by atoms with Gasteiger partial charge in [-0.3, -0.25) is 9.89 Å². The first kappa shape index (κ1) is 24.3. The van der Waals surface area contributed by atoms with Crippen molar-refractivity contribution in [2.75, 3.05) is 65.4 Å². The lowest BCUT2D eigenvalue weighted by molar-refractivity contribution is 0.263. The molecule has 0 spiro atoms. The molecular weight excluding hydrogens is 493 g/mol. The molecule has 2 heterocycles. The zero-order valence-corrected chi connectivity index (χ0v) is 20.7. The second-order valence-electron chi connectivity index (χ2n) is 7.36. The average Bonchev–Trinajstić information content (AvgIpc) is 3.27. The smallest absolute Gasteiger partial charge is 0.194 e. The van der Waals surface area contributed by atoms with E-state index in [1.54, 1.807) is 13.4 Å². The number of anilines is 1. The normalized spacial score (nSPS) is 15.7. The number of halogens is 1. The number of rotatable bonds is 7. The van der Waals surface area contributed by atoms with Gasteiger partial charge in [-0.05, 0) is 57.4 Å². The zero-order chi connectivity index (χ0) is 20.6. The van der Waals surface area contributed by atoms with E-state index in [0.29, 0.717) is 6.54 Å². The molecule has 1 fully saturated rings. The third kappa shape index (κ3) is 6.28. The Hall–Kier alpha value is -1.94. The molecule has 2 aromatic rings. The molecule has 1 atom stereocenters. The van der Waals surface area contributed by atoms with Crippen LogP contribution in [0, 0.1) is 0 Å². The second kappa shape index (κ2) is 12.0. The fourth-order valence-corrected chi connectivity index (χ4v) is 3.56. The summed E-state index contributed by atoms with van der Waals surface area (Å²) in [6.07, 6.45) is 1.72. The summed E-state index contributed by atoms with van der Waals surface area (Å²) in [4.78, 5) is 11.8. The van der Waals surface area contributed by atoms with E-state index in [9.17, 15) is 0 Å². The van der Waals surface area contributed by atoms with Gasteiger partial charge in [-0.15, -0.1) is 24.0 Å². The number of guanidine groups is 1. The monoisotopic (exact) mass is 527 g/mol. The second-order valence-corrected chi connectivity index (χ2v) is 7.36. The van der Waals surface area contributed by atoms with E-state index in [4.69, 9.17) is 14.1 Å². The van der Waals surface area contributed by atoms with Crippen LogP contribution < -0.4 is 15.0 Å². The van der Waals surface area contributed by atoms with Crippen molar-refractivity contribution in [2.45, 2.75) is 13.0 Å². The Balaban J connectivity index is 0.00000320. The number of ether oxygens (including phenoxy) is 1. The van der Waals surface area contributed by atoms with E-state index >= 15 is 0 Å². The van der Waals surface area contributed by atoms with Crippen molar-refractivity contribution in [1.82, 2.24) is 15.1 Å². The van der Waals surface area contributed by atoms with Crippen molar-refractivity contribution >= 4 is 35.6 Å². The number of methoxy groups -OCH3 is 1. The number of hydrogen-bond acceptors (Lipinski definition) is 5. The highest BCUT2D eigenvalue weighted by Gasteiger charge is 2.22. The molecule has 7 nitrogen and oxygen atoms in total. The largest absolute Gasteiger partial charge is 0.497 e. The highest BCUT2D eigenvalue weighted by molar-refractivity contribution is 14.0. The molecule has 1 aliphatic heterocycles. The van der Waals surface area contributed by atoms with Crippen LogP contribution in [0.25, 0.3) is 0 Å². The molecule has 0 aliphatic carbocycles. The standard InChI is InChI=1S/C22H33N5O2.HI/c1-5-23-22(24-17-20(25(2)3)21-7-6-16-29-21)27-14-12-26(13-15-27)18-8-10-19(28-4)11-9-18;/h6-11,16,20H,5,12-15,17H2,1-4H3,(H,23,24);1H. The molecule has 3 rings (SSSR count). The maximum absolute atomic E-state index is 5.61. The van der Waals surface area contributed by atoms with Gasteiger partial charge in [-0.2, -0.15) is 0 Å². The van der Waals surface area contributed by atoms with Crippen molar-refractivity contribution in [2.24, 2.45) is 4.99 Å². The van der Waals surface area contributed by atoms with Gasteiger partial charge >= 0.3 is 0 Å². The van der Waals surface area contributed by atoms with E-state index in [0.717, 1.165) is 50.2 Å². The van der Waals surface area contributed by atoms with E-state index < -0.39 is 0 Å². The van der Waals surface area contributed by atoms with Crippen molar-refractivity contribution < 1.29 is 9.15 Å². The van der Waals surface area contributed by atoms with E-state index in [1.807, 2.05) is 24.3 Å². The van der Waals surface area contributed by atoms with Crippen molar-refractivity contribution in [3.63, 3.8) is 0 Å². The molecule has 1 aromatic carbocycles. The zero-order valence-electron chi connectivity index (χ0n) is 18.4. The summed E-state index contributed by atoms with van der Waals surface area (Å²) < 4.78 is 10.9. The third-order valence-electron chi connectivity index (χ3n) is 5.26. The van der Waals surface area contributed by atoms with Gasteiger partial charge in [0.05, 0.1) is 26.0 Å². The van der Waals surface area contributed by atoms with Gasteiger partial charge in [-0.1, -0.05) is 0 Å². The molecule has 1 saturated heterocycles. The quantitative estimate of drug-likeness (QED) is 0.339. The summed E-state index contributed by atoms with van der Waals surface area (Å²) in [7, 11) is 5.81. The van der Waals surface area contributed by atoms with Gasteiger partial charge < -0.3 is 24.3 Å². The number of benzene rings is 1. The van der Waals surface area contributed by atoms with Gasteiger partial charge in [0.15, 0.2) is 5.96 Å². The molecule has 0 bridgehead atoms. The molecule has 1 aromatic heterocycles. The number of likely N-dealkylation sites (N-methyl/N-ethyl adjacent to an activating group) is 1. The number of nitrogens with one attached hydrogen (secondary N) is 1. The van der Waals surface area contributed by atoms with Gasteiger partial charge in [0.1, 0.15) is 11.5 Å². The van der Waals surface area contributed by atoms with Crippen molar-refractivity contribution in [3.05, 3.63) is 48.4 Å². The Bertz CT molecular complexity index is 756. The maximum Gasteiger partial charge on any atom is 0.194 e. The fourth-order valence-electron chi connectivity index (χ4n) is 3.56. The lowest BCUT2D eigenvalue weighted by Crippen LogP contribution is -2.52. The molecule has 1 unspecified atom stereocenters. The minimum absolute atomic E-state index is 0.